The summed E-state index contributed by atoms with van der Waals surface area (Å²) < 4.78 is 125. The van der Waals surface area contributed by atoms with Gasteiger partial charge in [0.15, 0.2) is 0 Å². The van der Waals surface area contributed by atoms with Crippen LogP contribution in [0.25, 0.3) is 0 Å². The molecule has 0 spiro atoms. The van der Waals surface area contributed by atoms with Crippen LogP contribution < -0.4 is 10.2 Å². The maximum Gasteiger partial charge on any atom is 0.453 e. The van der Waals surface area contributed by atoms with Gasteiger partial charge in [0.1, 0.15) is 5.54 Å². The number of benzene rings is 1. The number of anilines is 2. The van der Waals surface area contributed by atoms with Gasteiger partial charge in [-0.15, -0.1) is 0 Å². The van der Waals surface area contributed by atoms with Crippen molar-refractivity contribution < 1.29 is 63.2 Å². The third kappa shape index (κ3) is 9.56. The van der Waals surface area contributed by atoms with Crippen LogP contribution in [-0.2, 0) is 36.0 Å². The van der Waals surface area contributed by atoms with Crippen molar-refractivity contribution in [1.82, 2.24) is 4.90 Å². The van der Waals surface area contributed by atoms with E-state index in [1.54, 1.807) is 0 Å². The summed E-state index contributed by atoms with van der Waals surface area (Å²) in [6.45, 7) is 3.56. The molecule has 1 fully saturated rings. The first-order chi connectivity index (χ1) is 19.7. The number of nitrogens with zero attached hydrogens (tertiary/aromatic N) is 2. The Hall–Kier alpha value is -2.86. The Balaban J connectivity index is 1.82. The summed E-state index contributed by atoms with van der Waals surface area (Å²) in [5.41, 5.74) is -3.55. The lowest BCUT2D eigenvalue weighted by Crippen LogP contribution is -2.45. The Morgan fingerprint density at radius 1 is 0.953 bits per heavy atom. The number of halogens is 8. The molecule has 0 saturated carbocycles. The second-order valence-corrected chi connectivity index (χ2v) is 11.6. The number of urea groups is 1. The first kappa shape index (κ1) is 36.3. The number of carbonyl (C=O) groups excluding carboxylic acids is 3. The molecule has 1 saturated heterocycles. The van der Waals surface area contributed by atoms with Crippen molar-refractivity contribution in [2.24, 2.45) is 0 Å². The van der Waals surface area contributed by atoms with Gasteiger partial charge in [0.2, 0.25) is 5.91 Å². The highest BCUT2D eigenvalue weighted by Gasteiger charge is 2.56. The molecule has 4 amide bonds. The van der Waals surface area contributed by atoms with Crippen molar-refractivity contribution in [1.29, 1.82) is 0 Å². The van der Waals surface area contributed by atoms with E-state index < -0.39 is 76.6 Å². The van der Waals surface area contributed by atoms with Crippen LogP contribution in [0.3, 0.4) is 0 Å². The van der Waals surface area contributed by atoms with E-state index in [4.69, 9.17) is 9.47 Å². The Labute approximate surface area is 244 Å². The third-order valence-electron chi connectivity index (χ3n) is 6.26. The maximum atomic E-state index is 13.6. The van der Waals surface area contributed by atoms with Crippen LogP contribution >= 0.6 is 0 Å². The van der Waals surface area contributed by atoms with Crippen molar-refractivity contribution >= 4 is 40.0 Å². The first-order valence-electron chi connectivity index (χ1n) is 12.8. The van der Waals surface area contributed by atoms with E-state index >= 15 is 0 Å². The molecule has 0 aliphatic carbocycles. The van der Waals surface area contributed by atoms with Gasteiger partial charge in [0.05, 0.1) is 43.4 Å². The number of amides is 4. The molecule has 1 heterocycles. The second-order valence-electron chi connectivity index (χ2n) is 9.92. The van der Waals surface area contributed by atoms with Crippen molar-refractivity contribution in [2.45, 2.75) is 57.4 Å². The topological polar surface area (TPSA) is 105 Å². The number of carbonyl (C=O) groups is 3. The van der Waals surface area contributed by atoms with Crippen LogP contribution in [0.1, 0.15) is 39.2 Å². The second kappa shape index (κ2) is 14.3. The zero-order valence-electron chi connectivity index (χ0n) is 23.4. The number of rotatable bonds is 15. The van der Waals surface area contributed by atoms with E-state index in [0.29, 0.717) is 11.0 Å². The van der Waals surface area contributed by atoms with Gasteiger partial charge in [-0.3, -0.25) is 13.8 Å². The third-order valence-corrected chi connectivity index (χ3v) is 7.63. The van der Waals surface area contributed by atoms with Gasteiger partial charge < -0.3 is 19.7 Å². The van der Waals surface area contributed by atoms with Crippen LogP contribution in [0.15, 0.2) is 18.2 Å². The van der Waals surface area contributed by atoms with Crippen LogP contribution in [0, 0.1) is 0 Å². The minimum absolute atomic E-state index is 0.00734. The molecule has 2 rings (SSSR count). The molecule has 1 aliphatic heterocycles. The van der Waals surface area contributed by atoms with E-state index in [9.17, 15) is 53.7 Å². The summed E-state index contributed by atoms with van der Waals surface area (Å²) in [4.78, 5) is 39.1. The average molecular weight is 654 g/mol. The lowest BCUT2D eigenvalue weighted by molar-refractivity contribution is -0.284. The molecule has 0 bridgehead atoms. The van der Waals surface area contributed by atoms with Gasteiger partial charge in [-0.2, -0.15) is 35.1 Å². The van der Waals surface area contributed by atoms with Crippen molar-refractivity contribution in [2.75, 3.05) is 54.7 Å². The van der Waals surface area contributed by atoms with Gasteiger partial charge in [-0.1, -0.05) is 0 Å². The Morgan fingerprint density at radius 2 is 1.56 bits per heavy atom. The minimum Gasteiger partial charge on any atom is -0.378 e. The molecule has 1 aromatic rings. The highest BCUT2D eigenvalue weighted by Crippen LogP contribution is 2.40. The first-order valence-corrected chi connectivity index (χ1v) is 14.3. The van der Waals surface area contributed by atoms with Crippen LogP contribution in [0.4, 0.5) is 51.3 Å². The molecular formula is C25H31F8N3O6S. The van der Waals surface area contributed by atoms with E-state index in [-0.39, 0.29) is 50.2 Å². The minimum atomic E-state index is -5.66. The maximum absolute atomic E-state index is 13.6. The quantitative estimate of drug-likeness (QED) is 0.163. The number of imide groups is 1. The average Bonchev–Trinajstić information content (AvgIpc) is 3.02. The fourth-order valence-electron chi connectivity index (χ4n) is 3.97. The number of hydrogen-bond donors (Lipinski definition) is 1. The van der Waals surface area contributed by atoms with Crippen molar-refractivity contribution in [3.05, 3.63) is 23.8 Å². The van der Waals surface area contributed by atoms with Gasteiger partial charge >= 0.3 is 24.3 Å². The van der Waals surface area contributed by atoms with Crippen LogP contribution in [0.2, 0.25) is 0 Å². The molecule has 0 radical (unpaired) electrons. The van der Waals surface area contributed by atoms with Gasteiger partial charge in [0, 0.05) is 42.2 Å². The van der Waals surface area contributed by atoms with Crippen LogP contribution in [0.5, 0.6) is 0 Å². The highest BCUT2D eigenvalue weighted by molar-refractivity contribution is 7.84. The lowest BCUT2D eigenvalue weighted by atomic mass is 10.0. The molecule has 1 N–H and O–H groups in total. The summed E-state index contributed by atoms with van der Waals surface area (Å²) in [5, 5.41) is 2.06. The van der Waals surface area contributed by atoms with E-state index in [1.807, 2.05) is 0 Å². The lowest BCUT2D eigenvalue weighted by Gasteiger charge is -2.27. The highest BCUT2D eigenvalue weighted by atomic mass is 32.2. The van der Waals surface area contributed by atoms with Gasteiger partial charge in [0.25, 0.3) is 5.91 Å². The summed E-state index contributed by atoms with van der Waals surface area (Å²) in [6.07, 6.45) is -12.6. The molecule has 1 unspecified atom stereocenters. The zero-order chi connectivity index (χ0) is 32.8. The molecule has 9 nitrogen and oxygen atoms in total. The molecule has 43 heavy (non-hydrogen) atoms. The molecular weight excluding hydrogens is 622 g/mol. The number of hydrogen-bond acceptors (Lipinski definition) is 6. The zero-order valence-corrected chi connectivity index (χ0v) is 24.2. The van der Waals surface area contributed by atoms with Crippen molar-refractivity contribution in [3.8, 4) is 0 Å². The van der Waals surface area contributed by atoms with E-state index in [0.717, 1.165) is 24.0 Å². The Bertz CT molecular complexity index is 1190. The summed E-state index contributed by atoms with van der Waals surface area (Å²) in [7, 11) is -1.67. The normalized spacial score (nSPS) is 16.6. The summed E-state index contributed by atoms with van der Waals surface area (Å²) in [6, 6.07) is 1.76. The fraction of sp³-hybridized carbons (Fsp3) is 0.640. The number of ether oxygens (including phenoxy) is 2. The summed E-state index contributed by atoms with van der Waals surface area (Å²) in [5.74, 6) is -6.81. The molecule has 18 heteroatoms. The largest absolute Gasteiger partial charge is 0.453 e. The van der Waals surface area contributed by atoms with Crippen molar-refractivity contribution in [3.63, 3.8) is 0 Å². The van der Waals surface area contributed by atoms with Gasteiger partial charge in [-0.05, 0) is 38.5 Å². The standard InChI is InChI=1S/C25H31F8N3O6S/c1-16(37)34-19-6-5-17(15-18(19)24(28,29)30)36-20(38)22(2,3)35(21(36)39)8-9-41-10-11-42-12-14-43(40)13-4-7-23(26,27)25(31,32)33/h5-6,15H,4,7-14H2,1-3H3,(H,34,37). The number of nitrogens with one attached hydrogen (secondary N) is 1. The summed E-state index contributed by atoms with van der Waals surface area (Å²) >= 11 is 0. The smallest absolute Gasteiger partial charge is 0.378 e. The monoisotopic (exact) mass is 653 g/mol. The van der Waals surface area contributed by atoms with Gasteiger partial charge in [-0.25, -0.2) is 9.69 Å². The Kier molecular flexibility index (Phi) is 12.1. The number of alkyl halides is 8. The molecule has 0 aromatic heterocycles. The van der Waals surface area contributed by atoms with Crippen LogP contribution in [-0.4, -0.2) is 89.1 Å². The predicted octanol–water partition coefficient (Wildman–Crippen LogP) is 4.97. The molecule has 244 valence electrons. The van der Waals surface area contributed by atoms with E-state index in [1.165, 1.54) is 13.8 Å². The SMILES string of the molecule is CC(=O)Nc1ccc(N2C(=O)N(CCOCCOCCS(=O)CCCC(F)(F)C(F)(F)F)C(C)(C)C2=O)cc1C(F)(F)F. The Morgan fingerprint density at radius 3 is 2.12 bits per heavy atom. The molecule has 1 atom stereocenters. The molecule has 1 aromatic carbocycles. The molecule has 1 aliphatic rings. The van der Waals surface area contributed by atoms with E-state index in [2.05, 4.69) is 5.32 Å². The fourth-order valence-corrected chi connectivity index (χ4v) is 4.95. The predicted molar refractivity (Wildman–Crippen MR) is 139 cm³/mol.